The smallest absolute Gasteiger partial charge is 0.0924 e. The molecule has 0 aromatic rings. The number of ether oxygens (including phenoxy) is 2. The number of hydrogen-bond donors (Lipinski definition) is 0. The van der Waals surface area contributed by atoms with Gasteiger partial charge in [-0.25, -0.2) is 0 Å². The number of nitrogens with zero attached hydrogens (tertiary/aromatic N) is 2. The van der Waals surface area contributed by atoms with E-state index in [1.807, 2.05) is 0 Å². The largest absolute Gasteiger partial charge is 0.379 e. The van der Waals surface area contributed by atoms with Crippen LogP contribution in [0.25, 0.3) is 0 Å². The molecule has 0 spiro atoms. The predicted octanol–water partition coefficient (Wildman–Crippen LogP) is 4.09. The molecule has 2 rings (SSSR count). The average molecular weight is 365 g/mol. The molecule has 0 aromatic heterocycles. The van der Waals surface area contributed by atoms with Crippen molar-refractivity contribution in [3.8, 4) is 0 Å². The lowest BCUT2D eigenvalue weighted by Gasteiger charge is -2.42. The summed E-state index contributed by atoms with van der Waals surface area (Å²) in [5.41, 5.74) is 2.99. The van der Waals surface area contributed by atoms with Crippen LogP contribution >= 0.6 is 0 Å². The van der Waals surface area contributed by atoms with Gasteiger partial charge in [-0.15, -0.1) is 0 Å². The van der Waals surface area contributed by atoms with Gasteiger partial charge in [-0.3, -0.25) is 4.90 Å². The molecule has 0 aliphatic carbocycles. The Morgan fingerprint density at radius 3 is 2.50 bits per heavy atom. The normalized spacial score (nSPS) is 20.7. The van der Waals surface area contributed by atoms with Gasteiger partial charge in [0.1, 0.15) is 0 Å². The number of likely N-dealkylation sites (tertiary alicyclic amines) is 1. The van der Waals surface area contributed by atoms with Gasteiger partial charge in [0, 0.05) is 38.4 Å². The van der Waals surface area contributed by atoms with Crippen LogP contribution in [0.15, 0.2) is 23.4 Å². The maximum atomic E-state index is 6.09. The van der Waals surface area contributed by atoms with E-state index in [2.05, 4.69) is 49.6 Å². The number of allylic oxidation sites excluding steroid dienone is 3. The molecule has 26 heavy (non-hydrogen) atoms. The molecule has 0 amide bonds. The second kappa shape index (κ2) is 11.8. The van der Waals surface area contributed by atoms with Crippen molar-refractivity contribution in [3.63, 3.8) is 0 Å². The van der Waals surface area contributed by atoms with Gasteiger partial charge < -0.3 is 14.4 Å². The van der Waals surface area contributed by atoms with E-state index in [4.69, 9.17) is 9.47 Å². The van der Waals surface area contributed by atoms with Crippen molar-refractivity contribution in [2.24, 2.45) is 5.92 Å². The predicted molar refractivity (Wildman–Crippen MR) is 109 cm³/mol. The molecule has 4 heteroatoms. The molecule has 0 aromatic carbocycles. The van der Waals surface area contributed by atoms with E-state index >= 15 is 0 Å². The highest BCUT2D eigenvalue weighted by atomic mass is 16.5. The molecule has 2 fully saturated rings. The third-order valence-electron chi connectivity index (χ3n) is 5.33. The maximum absolute atomic E-state index is 6.09. The van der Waals surface area contributed by atoms with Gasteiger partial charge in [0.25, 0.3) is 0 Å². The van der Waals surface area contributed by atoms with Crippen molar-refractivity contribution in [3.05, 3.63) is 23.4 Å². The Kier molecular flexibility index (Phi) is 9.73. The highest BCUT2D eigenvalue weighted by Gasteiger charge is 2.28. The molecule has 150 valence electrons. The summed E-state index contributed by atoms with van der Waals surface area (Å²) in [4.78, 5) is 4.93. The van der Waals surface area contributed by atoms with Crippen molar-refractivity contribution in [1.82, 2.24) is 9.80 Å². The van der Waals surface area contributed by atoms with Crippen molar-refractivity contribution in [2.45, 2.75) is 59.5 Å². The molecule has 2 aliphatic heterocycles. The molecule has 0 N–H and O–H groups in total. The summed E-state index contributed by atoms with van der Waals surface area (Å²) in [6.07, 6.45) is 10.0. The summed E-state index contributed by atoms with van der Waals surface area (Å²) in [6, 6.07) is 0. The van der Waals surface area contributed by atoms with E-state index in [0.717, 1.165) is 59.0 Å². The summed E-state index contributed by atoms with van der Waals surface area (Å²) >= 11 is 0. The molecule has 0 radical (unpaired) electrons. The van der Waals surface area contributed by atoms with E-state index in [9.17, 15) is 0 Å². The Bertz CT molecular complexity index is 447. The van der Waals surface area contributed by atoms with Crippen LogP contribution in [0.4, 0.5) is 0 Å². The van der Waals surface area contributed by atoms with Crippen LogP contribution in [0.5, 0.6) is 0 Å². The van der Waals surface area contributed by atoms with Crippen molar-refractivity contribution in [2.75, 3.05) is 52.5 Å². The third-order valence-corrected chi connectivity index (χ3v) is 5.33. The topological polar surface area (TPSA) is 24.9 Å². The molecule has 0 atom stereocenters. The molecule has 2 heterocycles. The van der Waals surface area contributed by atoms with Gasteiger partial charge in [0.2, 0.25) is 0 Å². The first-order chi connectivity index (χ1) is 12.6. The van der Waals surface area contributed by atoms with E-state index in [1.165, 1.54) is 25.0 Å². The first-order valence-corrected chi connectivity index (χ1v) is 10.7. The molecule has 0 unspecified atom stereocenters. The lowest BCUT2D eigenvalue weighted by atomic mass is 9.96. The summed E-state index contributed by atoms with van der Waals surface area (Å²) in [5.74, 6) is 0.627. The van der Waals surface area contributed by atoms with Gasteiger partial charge in [-0.1, -0.05) is 52.2 Å². The third kappa shape index (κ3) is 7.05. The molecule has 4 nitrogen and oxygen atoms in total. The Morgan fingerprint density at radius 2 is 1.88 bits per heavy atom. The van der Waals surface area contributed by atoms with E-state index in [1.54, 1.807) is 5.57 Å². The van der Waals surface area contributed by atoms with Crippen LogP contribution in [-0.4, -0.2) is 68.4 Å². The number of morpholine rings is 1. The maximum Gasteiger partial charge on any atom is 0.0924 e. The Balaban J connectivity index is 1.78. The van der Waals surface area contributed by atoms with E-state index in [-0.39, 0.29) is 0 Å². The minimum Gasteiger partial charge on any atom is -0.379 e. The number of hydrogen-bond acceptors (Lipinski definition) is 4. The van der Waals surface area contributed by atoms with Crippen molar-refractivity contribution < 1.29 is 9.47 Å². The van der Waals surface area contributed by atoms with Crippen LogP contribution in [0.1, 0.15) is 53.4 Å². The SMILES string of the molecule is CCC/C=C(/C=C(\CCC)C(C)C)N1CC(OCCN2CCOCC2)C1. The summed E-state index contributed by atoms with van der Waals surface area (Å²) < 4.78 is 11.5. The zero-order valence-corrected chi connectivity index (χ0v) is 17.5. The van der Waals surface area contributed by atoms with Gasteiger partial charge >= 0.3 is 0 Å². The zero-order chi connectivity index (χ0) is 18.8. The highest BCUT2D eigenvalue weighted by Crippen LogP contribution is 2.25. The van der Waals surface area contributed by atoms with Crippen LogP contribution in [-0.2, 0) is 9.47 Å². The minimum atomic E-state index is 0.392. The fourth-order valence-corrected chi connectivity index (χ4v) is 3.51. The fourth-order valence-electron chi connectivity index (χ4n) is 3.51. The zero-order valence-electron chi connectivity index (χ0n) is 17.5. The Morgan fingerprint density at radius 1 is 1.15 bits per heavy atom. The summed E-state index contributed by atoms with van der Waals surface area (Å²) in [7, 11) is 0. The lowest BCUT2D eigenvalue weighted by Crippen LogP contribution is -2.52. The van der Waals surface area contributed by atoms with Crippen molar-refractivity contribution in [1.29, 1.82) is 0 Å². The molecular weight excluding hydrogens is 324 g/mol. The quantitative estimate of drug-likeness (QED) is 0.516. The second-order valence-corrected chi connectivity index (χ2v) is 7.89. The molecule has 2 aliphatic rings. The summed E-state index contributed by atoms with van der Waals surface area (Å²) in [5, 5.41) is 0. The van der Waals surface area contributed by atoms with E-state index < -0.39 is 0 Å². The van der Waals surface area contributed by atoms with Crippen molar-refractivity contribution >= 4 is 0 Å². The Hall–Kier alpha value is -0.840. The van der Waals surface area contributed by atoms with Gasteiger partial charge in [-0.2, -0.15) is 0 Å². The van der Waals surface area contributed by atoms with E-state index in [0.29, 0.717) is 12.0 Å². The van der Waals surface area contributed by atoms with Crippen LogP contribution in [0.3, 0.4) is 0 Å². The van der Waals surface area contributed by atoms with Crippen LogP contribution in [0.2, 0.25) is 0 Å². The monoisotopic (exact) mass is 364 g/mol. The minimum absolute atomic E-state index is 0.392. The second-order valence-electron chi connectivity index (χ2n) is 7.89. The standard InChI is InChI=1S/C22H40N2O2/c1-5-7-9-21(16-20(8-6-2)19(3)4)24-17-22(18-24)26-15-12-23-10-13-25-14-11-23/h9,16,19,22H,5-8,10-15,17-18H2,1-4H3/b20-16+,21-9-. The van der Waals surface area contributed by atoms with Crippen LogP contribution < -0.4 is 0 Å². The van der Waals surface area contributed by atoms with Crippen LogP contribution in [0, 0.1) is 5.92 Å². The first-order valence-electron chi connectivity index (χ1n) is 10.7. The molecule has 0 saturated carbocycles. The van der Waals surface area contributed by atoms with Gasteiger partial charge in [-0.05, 0) is 24.8 Å². The summed E-state index contributed by atoms with van der Waals surface area (Å²) in [6.45, 7) is 16.9. The number of unbranched alkanes of at least 4 members (excludes halogenated alkanes) is 1. The molecule has 2 saturated heterocycles. The van der Waals surface area contributed by atoms with Gasteiger partial charge in [0.15, 0.2) is 0 Å². The molecule has 0 bridgehead atoms. The first kappa shape index (κ1) is 21.5. The number of rotatable bonds is 11. The fraction of sp³-hybridized carbons (Fsp3) is 0.818. The lowest BCUT2D eigenvalue weighted by molar-refractivity contribution is -0.0515. The highest BCUT2D eigenvalue weighted by molar-refractivity contribution is 5.25. The Labute approximate surface area is 161 Å². The van der Waals surface area contributed by atoms with Gasteiger partial charge in [0.05, 0.1) is 25.9 Å². The average Bonchev–Trinajstić information content (AvgIpc) is 2.61. The molecular formula is C22H40N2O2.